The molecule has 3 rings (SSSR count). The van der Waals surface area contributed by atoms with Gasteiger partial charge in [-0.05, 0) is 30.9 Å². The molecule has 1 aliphatic carbocycles. The first kappa shape index (κ1) is 10.6. The van der Waals surface area contributed by atoms with Gasteiger partial charge in [-0.1, -0.05) is 18.2 Å². The van der Waals surface area contributed by atoms with Gasteiger partial charge in [-0.15, -0.1) is 0 Å². The Hall–Kier alpha value is -1.51. The molecule has 3 nitrogen and oxygen atoms in total. The molecular formula is C14H18N2O. The normalized spacial score (nSPS) is 30.1. The number of nitrogens with one attached hydrogen (secondary N) is 2. The van der Waals surface area contributed by atoms with Crippen LogP contribution in [0.1, 0.15) is 37.7 Å². The van der Waals surface area contributed by atoms with Gasteiger partial charge >= 0.3 is 0 Å². The summed E-state index contributed by atoms with van der Waals surface area (Å²) in [6, 6.07) is 9.41. The molecule has 1 aliphatic heterocycles. The summed E-state index contributed by atoms with van der Waals surface area (Å²) in [5.41, 5.74) is 2.74. The summed E-state index contributed by atoms with van der Waals surface area (Å²) in [6.07, 6.45) is 3.30. The quantitative estimate of drug-likeness (QED) is 0.777. The Kier molecular flexibility index (Phi) is 2.54. The maximum atomic E-state index is 11.1. The number of anilines is 1. The number of hydrogen-bond acceptors (Lipinski definition) is 2. The molecule has 3 unspecified atom stereocenters. The number of rotatable bonds is 1. The summed E-state index contributed by atoms with van der Waals surface area (Å²) < 4.78 is 0. The van der Waals surface area contributed by atoms with Crippen LogP contribution in [0.2, 0.25) is 0 Å². The fourth-order valence-electron chi connectivity index (χ4n) is 3.27. The number of amides is 1. The lowest BCUT2D eigenvalue weighted by Gasteiger charge is -2.32. The monoisotopic (exact) mass is 230 g/mol. The van der Waals surface area contributed by atoms with Gasteiger partial charge < -0.3 is 10.6 Å². The third-order valence-electron chi connectivity index (χ3n) is 3.96. The second-order valence-electron chi connectivity index (χ2n) is 5.16. The van der Waals surface area contributed by atoms with Crippen LogP contribution in [0.3, 0.4) is 0 Å². The molecule has 90 valence electrons. The first-order valence-corrected chi connectivity index (χ1v) is 6.36. The average molecular weight is 230 g/mol. The van der Waals surface area contributed by atoms with Crippen molar-refractivity contribution in [2.75, 3.05) is 5.32 Å². The van der Waals surface area contributed by atoms with Crippen molar-refractivity contribution in [3.63, 3.8) is 0 Å². The number of hydrogen-bond donors (Lipinski definition) is 2. The maximum Gasteiger partial charge on any atom is 0.217 e. The number of carbonyl (C=O) groups is 1. The summed E-state index contributed by atoms with van der Waals surface area (Å²) in [5, 5.41) is 6.63. The second kappa shape index (κ2) is 4.06. The van der Waals surface area contributed by atoms with Crippen molar-refractivity contribution in [1.29, 1.82) is 0 Å². The predicted molar refractivity (Wildman–Crippen MR) is 68.0 cm³/mol. The summed E-state index contributed by atoms with van der Waals surface area (Å²) >= 11 is 0. The standard InChI is InChI=1S/C14H18N2O/c1-9(17)15-10-6-7-12-11-4-2-3-5-13(11)16-14(12)8-10/h2-5,10,12,14,16H,6-8H2,1H3,(H,15,17). The molecule has 1 fully saturated rings. The lowest BCUT2D eigenvalue weighted by molar-refractivity contribution is -0.119. The zero-order chi connectivity index (χ0) is 11.8. The highest BCUT2D eigenvalue weighted by Gasteiger charge is 2.37. The summed E-state index contributed by atoms with van der Waals surface area (Å²) in [4.78, 5) is 11.1. The summed E-state index contributed by atoms with van der Waals surface area (Å²) in [7, 11) is 0. The highest BCUT2D eigenvalue weighted by molar-refractivity contribution is 5.73. The van der Waals surface area contributed by atoms with Gasteiger partial charge in [0, 0.05) is 30.6 Å². The van der Waals surface area contributed by atoms with Crippen LogP contribution >= 0.6 is 0 Å². The van der Waals surface area contributed by atoms with Crippen molar-refractivity contribution >= 4 is 11.6 Å². The summed E-state index contributed by atoms with van der Waals surface area (Å²) in [5.74, 6) is 0.722. The minimum absolute atomic E-state index is 0.0870. The molecule has 3 atom stereocenters. The number of fused-ring (bicyclic) bond motifs is 3. The Morgan fingerprint density at radius 1 is 1.35 bits per heavy atom. The molecular weight excluding hydrogens is 212 g/mol. The summed E-state index contributed by atoms with van der Waals surface area (Å²) in [6.45, 7) is 1.60. The van der Waals surface area contributed by atoms with Gasteiger partial charge in [-0.2, -0.15) is 0 Å². The SMILES string of the molecule is CC(=O)NC1CCC2c3ccccc3NC2C1. The highest BCUT2D eigenvalue weighted by Crippen LogP contribution is 2.43. The highest BCUT2D eigenvalue weighted by atomic mass is 16.1. The fourth-order valence-corrected chi connectivity index (χ4v) is 3.27. The molecule has 3 heteroatoms. The van der Waals surface area contributed by atoms with Crippen LogP contribution in [-0.2, 0) is 4.79 Å². The number of para-hydroxylation sites is 1. The molecule has 0 aromatic heterocycles. The largest absolute Gasteiger partial charge is 0.381 e. The molecule has 1 aromatic carbocycles. The van der Waals surface area contributed by atoms with Crippen molar-refractivity contribution in [2.45, 2.75) is 44.2 Å². The van der Waals surface area contributed by atoms with E-state index >= 15 is 0 Å². The van der Waals surface area contributed by atoms with Crippen LogP contribution in [0, 0.1) is 0 Å². The van der Waals surface area contributed by atoms with Gasteiger partial charge in [0.1, 0.15) is 0 Å². The van der Waals surface area contributed by atoms with E-state index in [9.17, 15) is 4.79 Å². The molecule has 2 aliphatic rings. The number of benzene rings is 1. The van der Waals surface area contributed by atoms with E-state index in [1.165, 1.54) is 17.7 Å². The lowest BCUT2D eigenvalue weighted by Crippen LogP contribution is -2.42. The van der Waals surface area contributed by atoms with E-state index in [-0.39, 0.29) is 5.91 Å². The van der Waals surface area contributed by atoms with Crippen molar-refractivity contribution < 1.29 is 4.79 Å². The molecule has 1 heterocycles. The fraction of sp³-hybridized carbons (Fsp3) is 0.500. The Bertz CT molecular complexity index is 444. The van der Waals surface area contributed by atoms with Gasteiger partial charge in [0.05, 0.1) is 0 Å². The van der Waals surface area contributed by atoms with Crippen LogP contribution in [0.15, 0.2) is 24.3 Å². The number of carbonyl (C=O) groups excluding carboxylic acids is 1. The molecule has 0 saturated heterocycles. The first-order chi connectivity index (χ1) is 8.24. The zero-order valence-electron chi connectivity index (χ0n) is 10.1. The Morgan fingerprint density at radius 3 is 3.00 bits per heavy atom. The lowest BCUT2D eigenvalue weighted by atomic mass is 9.80. The van der Waals surface area contributed by atoms with Crippen LogP contribution in [0.5, 0.6) is 0 Å². The second-order valence-corrected chi connectivity index (χ2v) is 5.16. The van der Waals surface area contributed by atoms with Crippen molar-refractivity contribution in [3.8, 4) is 0 Å². The van der Waals surface area contributed by atoms with Crippen LogP contribution in [0.25, 0.3) is 0 Å². The third-order valence-corrected chi connectivity index (χ3v) is 3.96. The van der Waals surface area contributed by atoms with Crippen LogP contribution < -0.4 is 10.6 Å². The van der Waals surface area contributed by atoms with Gasteiger partial charge in [0.15, 0.2) is 0 Å². The van der Waals surface area contributed by atoms with Gasteiger partial charge in [0.25, 0.3) is 0 Å². The molecule has 2 N–H and O–H groups in total. The minimum atomic E-state index is 0.0870. The zero-order valence-corrected chi connectivity index (χ0v) is 10.1. The predicted octanol–water partition coefficient (Wildman–Crippen LogP) is 2.25. The maximum absolute atomic E-state index is 11.1. The average Bonchev–Trinajstić information content (AvgIpc) is 2.65. The van der Waals surface area contributed by atoms with Crippen LogP contribution in [-0.4, -0.2) is 18.0 Å². The van der Waals surface area contributed by atoms with E-state index in [1.54, 1.807) is 6.92 Å². The molecule has 1 saturated carbocycles. The Balaban J connectivity index is 1.75. The van der Waals surface area contributed by atoms with E-state index in [2.05, 4.69) is 34.9 Å². The molecule has 0 bridgehead atoms. The third kappa shape index (κ3) is 1.90. The van der Waals surface area contributed by atoms with E-state index in [0.717, 1.165) is 12.8 Å². The van der Waals surface area contributed by atoms with E-state index < -0.39 is 0 Å². The molecule has 0 spiro atoms. The van der Waals surface area contributed by atoms with Crippen molar-refractivity contribution in [3.05, 3.63) is 29.8 Å². The Morgan fingerprint density at radius 2 is 2.18 bits per heavy atom. The molecule has 1 amide bonds. The molecule has 0 radical (unpaired) electrons. The smallest absolute Gasteiger partial charge is 0.217 e. The van der Waals surface area contributed by atoms with E-state index in [1.807, 2.05) is 0 Å². The van der Waals surface area contributed by atoms with Crippen LogP contribution in [0.4, 0.5) is 5.69 Å². The topological polar surface area (TPSA) is 41.1 Å². The van der Waals surface area contributed by atoms with E-state index in [0.29, 0.717) is 18.0 Å². The van der Waals surface area contributed by atoms with Gasteiger partial charge in [0.2, 0.25) is 5.91 Å². The van der Waals surface area contributed by atoms with Crippen molar-refractivity contribution in [1.82, 2.24) is 5.32 Å². The first-order valence-electron chi connectivity index (χ1n) is 6.36. The molecule has 17 heavy (non-hydrogen) atoms. The minimum Gasteiger partial charge on any atom is -0.381 e. The Labute approximate surface area is 102 Å². The van der Waals surface area contributed by atoms with Gasteiger partial charge in [-0.25, -0.2) is 0 Å². The van der Waals surface area contributed by atoms with Crippen molar-refractivity contribution in [2.24, 2.45) is 0 Å². The molecule has 1 aromatic rings. The van der Waals surface area contributed by atoms with Gasteiger partial charge in [-0.3, -0.25) is 4.79 Å². The van der Waals surface area contributed by atoms with E-state index in [4.69, 9.17) is 0 Å².